The fourth-order valence-electron chi connectivity index (χ4n) is 1.11. The van der Waals surface area contributed by atoms with Crippen LogP contribution in [0.3, 0.4) is 0 Å². The van der Waals surface area contributed by atoms with Gasteiger partial charge in [-0.25, -0.2) is 8.78 Å². The predicted molar refractivity (Wildman–Crippen MR) is 50.7 cm³/mol. The van der Waals surface area contributed by atoms with Crippen LogP contribution in [0.25, 0.3) is 0 Å². The third-order valence-electron chi connectivity index (χ3n) is 1.77. The van der Waals surface area contributed by atoms with Crippen LogP contribution in [0, 0.1) is 11.6 Å². The van der Waals surface area contributed by atoms with E-state index in [1.165, 1.54) is 12.3 Å². The summed E-state index contributed by atoms with van der Waals surface area (Å²) in [6.07, 6.45) is 2.93. The largest absolute Gasteiger partial charge is 0.450 e. The summed E-state index contributed by atoms with van der Waals surface area (Å²) in [5, 5.41) is 0. The molecule has 0 unspecified atom stereocenters. The molecule has 0 aliphatic rings. The Morgan fingerprint density at radius 2 is 1.73 bits per heavy atom. The average molecular weight is 207 g/mol. The summed E-state index contributed by atoms with van der Waals surface area (Å²) in [4.78, 5) is 3.77. The van der Waals surface area contributed by atoms with Gasteiger partial charge in [0.1, 0.15) is 5.75 Å². The average Bonchev–Trinajstić information content (AvgIpc) is 2.25. The van der Waals surface area contributed by atoms with E-state index in [-0.39, 0.29) is 0 Å². The van der Waals surface area contributed by atoms with Crippen molar-refractivity contribution >= 4 is 0 Å². The molecule has 2 aromatic rings. The van der Waals surface area contributed by atoms with E-state index >= 15 is 0 Å². The lowest BCUT2D eigenvalue weighted by Gasteiger charge is -2.06. The molecular formula is C11H7F2NO. The lowest BCUT2D eigenvalue weighted by atomic mass is 10.3. The van der Waals surface area contributed by atoms with E-state index in [1.807, 2.05) is 0 Å². The molecule has 0 aliphatic carbocycles. The van der Waals surface area contributed by atoms with Crippen LogP contribution in [0.2, 0.25) is 0 Å². The highest BCUT2D eigenvalue weighted by Crippen LogP contribution is 2.26. The van der Waals surface area contributed by atoms with E-state index in [9.17, 15) is 8.78 Å². The Morgan fingerprint density at radius 3 is 2.33 bits per heavy atom. The number of halogens is 2. The molecule has 0 spiro atoms. The Hall–Kier alpha value is -1.97. The standard InChI is InChI=1S/C11H7F2NO/c12-9-4-1-5-10(13)11(9)15-8-3-2-6-14-7-8/h1-7H. The van der Waals surface area contributed by atoms with Crippen LogP contribution in [-0.2, 0) is 0 Å². The number of ether oxygens (including phenoxy) is 1. The molecule has 4 heteroatoms. The number of hydrogen-bond donors (Lipinski definition) is 0. The van der Waals surface area contributed by atoms with Gasteiger partial charge < -0.3 is 4.74 Å². The third-order valence-corrected chi connectivity index (χ3v) is 1.77. The molecule has 0 saturated heterocycles. The van der Waals surface area contributed by atoms with Crippen molar-refractivity contribution in [2.75, 3.05) is 0 Å². The van der Waals surface area contributed by atoms with Crippen molar-refractivity contribution in [2.45, 2.75) is 0 Å². The molecule has 1 heterocycles. The number of rotatable bonds is 2. The minimum absolute atomic E-state index is 0.293. The van der Waals surface area contributed by atoms with Crippen LogP contribution in [0.4, 0.5) is 8.78 Å². The second-order valence-corrected chi connectivity index (χ2v) is 2.84. The highest BCUT2D eigenvalue weighted by atomic mass is 19.1. The molecule has 0 aliphatic heterocycles. The molecule has 0 N–H and O–H groups in total. The van der Waals surface area contributed by atoms with Gasteiger partial charge in [-0.05, 0) is 24.3 Å². The van der Waals surface area contributed by atoms with E-state index in [0.717, 1.165) is 12.1 Å². The fraction of sp³-hybridized carbons (Fsp3) is 0. The Bertz CT molecular complexity index is 439. The monoisotopic (exact) mass is 207 g/mol. The van der Waals surface area contributed by atoms with Gasteiger partial charge in [-0.2, -0.15) is 0 Å². The molecule has 1 aromatic heterocycles. The summed E-state index contributed by atoms with van der Waals surface area (Å²) in [6.45, 7) is 0. The van der Waals surface area contributed by atoms with E-state index in [2.05, 4.69) is 4.98 Å². The molecule has 1 aromatic carbocycles. The second kappa shape index (κ2) is 4.04. The van der Waals surface area contributed by atoms with Crippen molar-refractivity contribution in [2.24, 2.45) is 0 Å². The van der Waals surface area contributed by atoms with Gasteiger partial charge in [0.25, 0.3) is 0 Å². The van der Waals surface area contributed by atoms with Crippen LogP contribution in [0.15, 0.2) is 42.7 Å². The molecule has 0 saturated carbocycles. The van der Waals surface area contributed by atoms with Crippen molar-refractivity contribution in [1.82, 2.24) is 4.98 Å². The predicted octanol–water partition coefficient (Wildman–Crippen LogP) is 3.15. The molecule has 0 radical (unpaired) electrons. The Kier molecular flexibility index (Phi) is 2.58. The molecule has 15 heavy (non-hydrogen) atoms. The van der Waals surface area contributed by atoms with Gasteiger partial charge in [0.2, 0.25) is 0 Å². The maximum absolute atomic E-state index is 13.2. The van der Waals surface area contributed by atoms with Gasteiger partial charge in [-0.15, -0.1) is 0 Å². The zero-order chi connectivity index (χ0) is 10.7. The summed E-state index contributed by atoms with van der Waals surface area (Å²) in [6, 6.07) is 6.73. The van der Waals surface area contributed by atoms with E-state index in [0.29, 0.717) is 5.75 Å². The molecule has 0 atom stereocenters. The van der Waals surface area contributed by atoms with Gasteiger partial charge in [-0.3, -0.25) is 4.98 Å². The first kappa shape index (κ1) is 9.58. The third kappa shape index (κ3) is 2.10. The number of pyridine rings is 1. The topological polar surface area (TPSA) is 22.1 Å². The maximum atomic E-state index is 13.2. The van der Waals surface area contributed by atoms with Crippen molar-refractivity contribution in [3.05, 3.63) is 54.4 Å². The summed E-state index contributed by atoms with van der Waals surface area (Å²) in [5.41, 5.74) is 0. The number of nitrogens with zero attached hydrogens (tertiary/aromatic N) is 1. The van der Waals surface area contributed by atoms with Crippen molar-refractivity contribution < 1.29 is 13.5 Å². The maximum Gasteiger partial charge on any atom is 0.198 e. The second-order valence-electron chi connectivity index (χ2n) is 2.84. The summed E-state index contributed by atoms with van der Waals surface area (Å²) in [5.74, 6) is -1.59. The van der Waals surface area contributed by atoms with Gasteiger partial charge in [-0.1, -0.05) is 6.07 Å². The lowest BCUT2D eigenvalue weighted by molar-refractivity contribution is 0.406. The van der Waals surface area contributed by atoms with Crippen LogP contribution in [0.5, 0.6) is 11.5 Å². The minimum atomic E-state index is -0.737. The first-order valence-corrected chi connectivity index (χ1v) is 4.29. The van der Waals surface area contributed by atoms with Crippen LogP contribution in [0.1, 0.15) is 0 Å². The highest BCUT2D eigenvalue weighted by Gasteiger charge is 2.10. The highest BCUT2D eigenvalue weighted by molar-refractivity contribution is 5.31. The Labute approximate surface area is 85.2 Å². The first-order chi connectivity index (χ1) is 7.27. The number of benzene rings is 1. The van der Waals surface area contributed by atoms with Crippen LogP contribution >= 0.6 is 0 Å². The van der Waals surface area contributed by atoms with Gasteiger partial charge >= 0.3 is 0 Å². The summed E-state index contributed by atoms with van der Waals surface area (Å²) < 4.78 is 31.3. The Morgan fingerprint density at radius 1 is 1.00 bits per heavy atom. The fourth-order valence-corrected chi connectivity index (χ4v) is 1.11. The van der Waals surface area contributed by atoms with Gasteiger partial charge in [0.15, 0.2) is 17.4 Å². The molecule has 2 rings (SSSR count). The van der Waals surface area contributed by atoms with Crippen molar-refractivity contribution in [3.8, 4) is 11.5 Å². The molecule has 0 fully saturated rings. The number of hydrogen-bond acceptors (Lipinski definition) is 2. The van der Waals surface area contributed by atoms with E-state index in [1.54, 1.807) is 18.3 Å². The molecule has 2 nitrogen and oxygen atoms in total. The molecule has 0 amide bonds. The summed E-state index contributed by atoms with van der Waals surface area (Å²) in [7, 11) is 0. The number of aromatic nitrogens is 1. The first-order valence-electron chi connectivity index (χ1n) is 4.29. The van der Waals surface area contributed by atoms with E-state index in [4.69, 9.17) is 4.74 Å². The van der Waals surface area contributed by atoms with Gasteiger partial charge in [0.05, 0.1) is 6.20 Å². The summed E-state index contributed by atoms with van der Waals surface area (Å²) >= 11 is 0. The van der Waals surface area contributed by atoms with Crippen molar-refractivity contribution in [3.63, 3.8) is 0 Å². The zero-order valence-corrected chi connectivity index (χ0v) is 7.65. The quantitative estimate of drug-likeness (QED) is 0.754. The lowest BCUT2D eigenvalue weighted by Crippen LogP contribution is -1.92. The molecule has 0 bridgehead atoms. The number of para-hydroxylation sites is 1. The molecular weight excluding hydrogens is 200 g/mol. The SMILES string of the molecule is Fc1cccc(F)c1Oc1cccnc1. The van der Waals surface area contributed by atoms with Crippen LogP contribution in [-0.4, -0.2) is 4.98 Å². The van der Waals surface area contributed by atoms with Crippen molar-refractivity contribution in [1.29, 1.82) is 0 Å². The van der Waals surface area contributed by atoms with Gasteiger partial charge in [0, 0.05) is 6.20 Å². The normalized spacial score (nSPS) is 10.0. The van der Waals surface area contributed by atoms with E-state index < -0.39 is 17.4 Å². The Balaban J connectivity index is 2.32. The minimum Gasteiger partial charge on any atom is -0.450 e. The smallest absolute Gasteiger partial charge is 0.198 e. The van der Waals surface area contributed by atoms with Crippen LogP contribution < -0.4 is 4.74 Å². The zero-order valence-electron chi connectivity index (χ0n) is 7.65. The molecule has 76 valence electrons.